The van der Waals surface area contributed by atoms with Crippen LogP contribution in [0.15, 0.2) is 30.9 Å². The van der Waals surface area contributed by atoms with E-state index in [0.717, 1.165) is 36.2 Å². The normalized spacial score (nSPS) is 18.4. The second kappa shape index (κ2) is 7.13. The fourth-order valence-corrected chi connectivity index (χ4v) is 4.45. The van der Waals surface area contributed by atoms with Gasteiger partial charge in [0.05, 0.1) is 24.0 Å². The van der Waals surface area contributed by atoms with Crippen molar-refractivity contribution in [3.63, 3.8) is 0 Å². The van der Waals surface area contributed by atoms with Crippen LogP contribution in [-0.4, -0.2) is 56.2 Å². The van der Waals surface area contributed by atoms with Gasteiger partial charge in [-0.15, -0.1) is 0 Å². The molecule has 2 aromatic rings. The van der Waals surface area contributed by atoms with E-state index < -0.39 is 0 Å². The number of piperidine rings is 1. The van der Waals surface area contributed by atoms with Gasteiger partial charge in [-0.3, -0.25) is 14.6 Å². The molecule has 2 aliphatic heterocycles. The molecule has 0 atom stereocenters. The number of amides is 2. The smallest absolute Gasteiger partial charge is 0.227 e. The number of fused-ring (bicyclic) bond motifs is 2. The molecule has 7 heteroatoms. The molecule has 1 N–H and O–H groups in total. The maximum atomic E-state index is 12.7. The summed E-state index contributed by atoms with van der Waals surface area (Å²) in [5.41, 5.74) is 2.67. The van der Waals surface area contributed by atoms with Crippen LogP contribution in [0.4, 0.5) is 0 Å². The zero-order valence-corrected chi connectivity index (χ0v) is 15.6. The van der Waals surface area contributed by atoms with Crippen LogP contribution in [0.25, 0.3) is 0 Å². The minimum absolute atomic E-state index is 0.115. The molecule has 4 heterocycles. The molecule has 1 spiro atoms. The molecule has 2 aliphatic rings. The third-order valence-corrected chi connectivity index (χ3v) is 5.89. The van der Waals surface area contributed by atoms with Crippen LogP contribution < -0.4 is 0 Å². The van der Waals surface area contributed by atoms with Gasteiger partial charge in [0, 0.05) is 50.6 Å². The molecule has 0 aromatic carbocycles. The lowest BCUT2D eigenvalue weighted by Crippen LogP contribution is -2.58. The fourth-order valence-electron chi connectivity index (χ4n) is 4.45. The molecule has 0 aliphatic carbocycles. The highest BCUT2D eigenvalue weighted by molar-refractivity contribution is 5.79. The minimum atomic E-state index is -0.383. The van der Waals surface area contributed by atoms with Crippen LogP contribution in [-0.2, 0) is 28.0 Å². The monoisotopic (exact) mass is 367 g/mol. The zero-order valence-electron chi connectivity index (χ0n) is 15.6. The Morgan fingerprint density at radius 3 is 2.74 bits per heavy atom. The SMILES string of the molecule is CCC(=O)N1CCc2[nH]cnc2C12CCN(C(=O)Cc1cccnc1)CC2. The molecule has 2 amide bonds. The molecular formula is C20H25N5O2. The molecule has 0 unspecified atom stereocenters. The van der Waals surface area contributed by atoms with Crippen molar-refractivity contribution in [1.82, 2.24) is 24.8 Å². The number of aromatic nitrogens is 3. The molecule has 27 heavy (non-hydrogen) atoms. The van der Waals surface area contributed by atoms with E-state index in [2.05, 4.69) is 15.0 Å². The van der Waals surface area contributed by atoms with Crippen molar-refractivity contribution >= 4 is 11.8 Å². The summed E-state index contributed by atoms with van der Waals surface area (Å²) in [6.45, 7) is 3.89. The van der Waals surface area contributed by atoms with Crippen LogP contribution in [0.5, 0.6) is 0 Å². The number of hydrogen-bond acceptors (Lipinski definition) is 4. The predicted molar refractivity (Wildman–Crippen MR) is 99.7 cm³/mol. The largest absolute Gasteiger partial charge is 0.348 e. The quantitative estimate of drug-likeness (QED) is 0.894. The van der Waals surface area contributed by atoms with E-state index in [1.807, 2.05) is 28.9 Å². The van der Waals surface area contributed by atoms with Gasteiger partial charge in [0.2, 0.25) is 11.8 Å². The number of nitrogens with zero attached hydrogens (tertiary/aromatic N) is 4. The third kappa shape index (κ3) is 3.11. The Morgan fingerprint density at radius 2 is 2.04 bits per heavy atom. The molecule has 1 saturated heterocycles. The molecule has 0 saturated carbocycles. The molecular weight excluding hydrogens is 342 g/mol. The topological polar surface area (TPSA) is 82.2 Å². The Bertz CT molecular complexity index is 824. The van der Waals surface area contributed by atoms with Crippen molar-refractivity contribution in [3.05, 3.63) is 47.8 Å². The molecule has 0 radical (unpaired) electrons. The lowest BCUT2D eigenvalue weighted by molar-refractivity contribution is -0.144. The Labute approximate surface area is 158 Å². The maximum Gasteiger partial charge on any atom is 0.227 e. The van der Waals surface area contributed by atoms with Gasteiger partial charge in [0.15, 0.2) is 0 Å². The minimum Gasteiger partial charge on any atom is -0.348 e. The van der Waals surface area contributed by atoms with Crippen molar-refractivity contribution in [1.29, 1.82) is 0 Å². The highest BCUT2D eigenvalue weighted by Crippen LogP contribution is 2.42. The van der Waals surface area contributed by atoms with E-state index in [0.29, 0.717) is 32.5 Å². The molecule has 4 rings (SSSR count). The van der Waals surface area contributed by atoms with Gasteiger partial charge in [0.1, 0.15) is 0 Å². The van der Waals surface area contributed by atoms with E-state index in [4.69, 9.17) is 0 Å². The number of rotatable bonds is 3. The van der Waals surface area contributed by atoms with Crippen LogP contribution in [0.3, 0.4) is 0 Å². The summed E-state index contributed by atoms with van der Waals surface area (Å²) in [7, 11) is 0. The average molecular weight is 367 g/mol. The van der Waals surface area contributed by atoms with Gasteiger partial charge < -0.3 is 14.8 Å². The standard InChI is InChI=1S/C20H25N5O2/c1-2-17(26)25-9-5-16-19(23-14-22-16)20(25)6-10-24(11-7-20)18(27)12-15-4-3-8-21-13-15/h3-4,8,13-14H,2,5-7,9-12H2,1H3,(H,22,23). The van der Waals surface area contributed by atoms with Gasteiger partial charge in [-0.1, -0.05) is 13.0 Å². The van der Waals surface area contributed by atoms with E-state index >= 15 is 0 Å². The second-order valence-corrected chi connectivity index (χ2v) is 7.33. The number of imidazole rings is 1. The highest BCUT2D eigenvalue weighted by atomic mass is 16.2. The summed E-state index contributed by atoms with van der Waals surface area (Å²) in [4.78, 5) is 41.2. The van der Waals surface area contributed by atoms with Crippen LogP contribution in [0.2, 0.25) is 0 Å². The summed E-state index contributed by atoms with van der Waals surface area (Å²) in [5.74, 6) is 0.281. The van der Waals surface area contributed by atoms with Crippen LogP contribution in [0.1, 0.15) is 43.1 Å². The number of likely N-dealkylation sites (tertiary alicyclic amines) is 1. The second-order valence-electron chi connectivity index (χ2n) is 7.33. The zero-order chi connectivity index (χ0) is 18.9. The molecule has 142 valence electrons. The molecule has 2 aromatic heterocycles. The first kappa shape index (κ1) is 17.7. The fraction of sp³-hybridized carbons (Fsp3) is 0.500. The lowest BCUT2D eigenvalue weighted by Gasteiger charge is -2.50. The Hall–Kier alpha value is -2.70. The summed E-state index contributed by atoms with van der Waals surface area (Å²) in [6, 6.07) is 3.78. The van der Waals surface area contributed by atoms with E-state index in [1.54, 1.807) is 18.7 Å². The number of aromatic amines is 1. The summed E-state index contributed by atoms with van der Waals surface area (Å²) < 4.78 is 0. The Morgan fingerprint density at radius 1 is 1.22 bits per heavy atom. The van der Waals surface area contributed by atoms with Crippen molar-refractivity contribution < 1.29 is 9.59 Å². The first-order chi connectivity index (χ1) is 13.1. The first-order valence-corrected chi connectivity index (χ1v) is 9.64. The number of pyridine rings is 1. The molecule has 7 nitrogen and oxygen atoms in total. The lowest BCUT2D eigenvalue weighted by atomic mass is 9.78. The van der Waals surface area contributed by atoms with Crippen molar-refractivity contribution in [2.75, 3.05) is 19.6 Å². The van der Waals surface area contributed by atoms with Gasteiger partial charge in [0.25, 0.3) is 0 Å². The van der Waals surface area contributed by atoms with Crippen molar-refractivity contribution in [2.24, 2.45) is 0 Å². The predicted octanol–water partition coefficient (Wildman–Crippen LogP) is 1.66. The Balaban J connectivity index is 1.52. The van der Waals surface area contributed by atoms with E-state index in [1.165, 1.54) is 0 Å². The summed E-state index contributed by atoms with van der Waals surface area (Å²) in [6.07, 6.45) is 8.31. The van der Waals surface area contributed by atoms with Crippen LogP contribution >= 0.6 is 0 Å². The average Bonchev–Trinajstić information content (AvgIpc) is 3.19. The number of H-pyrrole nitrogens is 1. The highest BCUT2D eigenvalue weighted by Gasteiger charge is 2.48. The summed E-state index contributed by atoms with van der Waals surface area (Å²) >= 11 is 0. The van der Waals surface area contributed by atoms with E-state index in [9.17, 15) is 9.59 Å². The van der Waals surface area contributed by atoms with Gasteiger partial charge in [-0.25, -0.2) is 4.98 Å². The molecule has 1 fully saturated rings. The number of nitrogens with one attached hydrogen (secondary N) is 1. The third-order valence-electron chi connectivity index (χ3n) is 5.89. The molecule has 0 bridgehead atoms. The number of carbonyl (C=O) groups excluding carboxylic acids is 2. The first-order valence-electron chi connectivity index (χ1n) is 9.64. The van der Waals surface area contributed by atoms with Gasteiger partial charge in [-0.05, 0) is 24.5 Å². The van der Waals surface area contributed by atoms with Crippen LogP contribution in [0, 0.1) is 0 Å². The van der Waals surface area contributed by atoms with Crippen molar-refractivity contribution in [2.45, 2.75) is 44.6 Å². The van der Waals surface area contributed by atoms with Gasteiger partial charge in [-0.2, -0.15) is 0 Å². The number of hydrogen-bond donors (Lipinski definition) is 1. The number of carbonyl (C=O) groups is 2. The van der Waals surface area contributed by atoms with Gasteiger partial charge >= 0.3 is 0 Å². The maximum absolute atomic E-state index is 12.7. The van der Waals surface area contributed by atoms with Crippen molar-refractivity contribution in [3.8, 4) is 0 Å². The summed E-state index contributed by atoms with van der Waals surface area (Å²) in [5, 5.41) is 0. The van der Waals surface area contributed by atoms with E-state index in [-0.39, 0.29) is 17.4 Å². The Kier molecular flexibility index (Phi) is 4.68.